The van der Waals surface area contributed by atoms with Gasteiger partial charge in [0.1, 0.15) is 0 Å². The van der Waals surface area contributed by atoms with Gasteiger partial charge in [0.25, 0.3) is 0 Å². The summed E-state index contributed by atoms with van der Waals surface area (Å²) >= 11 is 2.13. The zero-order chi connectivity index (χ0) is 8.67. The second-order valence-electron chi connectivity index (χ2n) is 4.98. The zero-order valence-electron chi connectivity index (χ0n) is 8.17. The molecular weight excluding hydrogens is 178 g/mol. The van der Waals surface area contributed by atoms with Crippen LogP contribution in [0.25, 0.3) is 0 Å². The summed E-state index contributed by atoms with van der Waals surface area (Å²) in [7, 11) is 0. The van der Waals surface area contributed by atoms with Crippen LogP contribution in [0.2, 0.25) is 0 Å². The van der Waals surface area contributed by atoms with E-state index in [-0.39, 0.29) is 0 Å². The van der Waals surface area contributed by atoms with Crippen LogP contribution in [0.4, 0.5) is 0 Å². The van der Waals surface area contributed by atoms with Crippen LogP contribution in [-0.4, -0.2) is 23.6 Å². The van der Waals surface area contributed by atoms with Crippen LogP contribution >= 0.6 is 11.8 Å². The molecule has 0 aromatic carbocycles. The van der Waals surface area contributed by atoms with Gasteiger partial charge in [0.05, 0.1) is 0 Å². The molecule has 1 saturated heterocycles. The van der Waals surface area contributed by atoms with E-state index in [4.69, 9.17) is 0 Å². The highest BCUT2D eigenvalue weighted by Crippen LogP contribution is 2.51. The largest absolute Gasteiger partial charge is 0.311 e. The number of hydrogen-bond acceptors (Lipinski definition) is 2. The van der Waals surface area contributed by atoms with Gasteiger partial charge in [-0.25, -0.2) is 0 Å². The molecule has 2 atom stereocenters. The Hall–Kier alpha value is 0.310. The Morgan fingerprint density at radius 2 is 1.54 bits per heavy atom. The van der Waals surface area contributed by atoms with Gasteiger partial charge in [-0.3, -0.25) is 0 Å². The summed E-state index contributed by atoms with van der Waals surface area (Å²) in [6.45, 7) is 0. The average molecular weight is 197 g/mol. The van der Waals surface area contributed by atoms with Gasteiger partial charge in [0, 0.05) is 12.1 Å². The first-order valence-electron chi connectivity index (χ1n) is 5.75. The van der Waals surface area contributed by atoms with Crippen LogP contribution in [0.1, 0.15) is 32.1 Å². The molecule has 0 radical (unpaired) electrons. The van der Waals surface area contributed by atoms with Crippen molar-refractivity contribution in [2.75, 3.05) is 11.5 Å². The molecule has 13 heavy (non-hydrogen) atoms. The van der Waals surface area contributed by atoms with E-state index in [1.807, 2.05) is 0 Å². The van der Waals surface area contributed by atoms with Crippen LogP contribution in [0, 0.1) is 11.8 Å². The summed E-state index contributed by atoms with van der Waals surface area (Å²) in [4.78, 5) is 0. The van der Waals surface area contributed by atoms with Gasteiger partial charge in [-0.05, 0) is 55.4 Å². The summed E-state index contributed by atoms with van der Waals surface area (Å²) < 4.78 is 0. The van der Waals surface area contributed by atoms with Crippen molar-refractivity contribution in [3.8, 4) is 0 Å². The van der Waals surface area contributed by atoms with Gasteiger partial charge in [-0.2, -0.15) is 11.8 Å². The van der Waals surface area contributed by atoms with Crippen molar-refractivity contribution in [1.82, 2.24) is 5.32 Å². The van der Waals surface area contributed by atoms with Crippen molar-refractivity contribution >= 4 is 11.8 Å². The second kappa shape index (κ2) is 3.47. The predicted molar refractivity (Wildman–Crippen MR) is 58.1 cm³/mol. The van der Waals surface area contributed by atoms with E-state index in [1.165, 1.54) is 37.2 Å². The lowest BCUT2D eigenvalue weighted by atomic mass is 10.1. The third kappa shape index (κ3) is 1.89. The third-order valence-corrected chi connectivity index (χ3v) is 4.99. The lowest BCUT2D eigenvalue weighted by Crippen LogP contribution is -2.39. The molecule has 0 aromatic rings. The Balaban J connectivity index is 1.46. The Bertz CT molecular complexity index is 179. The Morgan fingerprint density at radius 1 is 0.846 bits per heavy atom. The normalized spacial score (nSPS) is 44.8. The first-order chi connectivity index (χ1) is 6.42. The summed E-state index contributed by atoms with van der Waals surface area (Å²) in [6.07, 6.45) is 7.37. The molecule has 3 aliphatic rings. The number of thioether (sulfide) groups is 1. The number of rotatable bonds is 2. The number of hydrogen-bond donors (Lipinski definition) is 1. The molecule has 1 heterocycles. The lowest BCUT2D eigenvalue weighted by molar-refractivity contribution is 0.390. The van der Waals surface area contributed by atoms with E-state index in [0.717, 1.165) is 23.9 Å². The molecule has 0 amide bonds. The quantitative estimate of drug-likeness (QED) is 0.729. The average Bonchev–Trinajstić information content (AvgIpc) is 2.76. The molecule has 2 heteroatoms. The fourth-order valence-electron chi connectivity index (χ4n) is 3.05. The monoisotopic (exact) mass is 197 g/mol. The highest BCUT2D eigenvalue weighted by atomic mass is 32.2. The minimum Gasteiger partial charge on any atom is -0.311 e. The summed E-state index contributed by atoms with van der Waals surface area (Å²) in [5, 5.41) is 3.87. The molecule has 1 nitrogen and oxygen atoms in total. The molecule has 0 aromatic heterocycles. The minimum atomic E-state index is 0.865. The summed E-state index contributed by atoms with van der Waals surface area (Å²) in [6, 6.07) is 1.76. The molecule has 2 aliphatic carbocycles. The van der Waals surface area contributed by atoms with Crippen LogP contribution in [0.3, 0.4) is 0 Å². The standard InChI is InChI=1S/C11H19NS/c1-3-13-4-2-10(1)12-11-6-8-5-9(8)7-11/h8-12H,1-7H2. The third-order valence-electron chi connectivity index (χ3n) is 3.94. The maximum Gasteiger partial charge on any atom is 0.00853 e. The molecule has 2 unspecified atom stereocenters. The molecule has 3 rings (SSSR count). The highest BCUT2D eigenvalue weighted by molar-refractivity contribution is 7.99. The van der Waals surface area contributed by atoms with Gasteiger partial charge < -0.3 is 5.32 Å². The Labute approximate surface area is 85.0 Å². The van der Waals surface area contributed by atoms with E-state index in [0.29, 0.717) is 0 Å². The minimum absolute atomic E-state index is 0.865. The van der Waals surface area contributed by atoms with E-state index in [2.05, 4.69) is 17.1 Å². The fraction of sp³-hybridized carbons (Fsp3) is 1.00. The van der Waals surface area contributed by atoms with Gasteiger partial charge in [0.2, 0.25) is 0 Å². The highest BCUT2D eigenvalue weighted by Gasteiger charge is 2.45. The Kier molecular flexibility index (Phi) is 2.30. The first-order valence-corrected chi connectivity index (χ1v) is 6.91. The molecule has 1 aliphatic heterocycles. The SMILES string of the molecule is C1CC(NC2CC3CC3C2)CCS1. The number of fused-ring (bicyclic) bond motifs is 1. The maximum atomic E-state index is 3.87. The van der Waals surface area contributed by atoms with Crippen LogP contribution in [-0.2, 0) is 0 Å². The molecular formula is C11H19NS. The second-order valence-corrected chi connectivity index (χ2v) is 6.20. The molecule has 1 N–H and O–H groups in total. The molecule has 74 valence electrons. The Morgan fingerprint density at radius 3 is 2.23 bits per heavy atom. The topological polar surface area (TPSA) is 12.0 Å². The van der Waals surface area contributed by atoms with Crippen molar-refractivity contribution in [2.45, 2.75) is 44.2 Å². The van der Waals surface area contributed by atoms with E-state index >= 15 is 0 Å². The summed E-state index contributed by atoms with van der Waals surface area (Å²) in [5.41, 5.74) is 0. The number of nitrogens with one attached hydrogen (secondary N) is 1. The molecule has 0 spiro atoms. The van der Waals surface area contributed by atoms with Gasteiger partial charge in [0.15, 0.2) is 0 Å². The zero-order valence-corrected chi connectivity index (χ0v) is 8.98. The van der Waals surface area contributed by atoms with Crippen molar-refractivity contribution < 1.29 is 0 Å². The smallest absolute Gasteiger partial charge is 0.00853 e. The van der Waals surface area contributed by atoms with E-state index < -0.39 is 0 Å². The first kappa shape index (κ1) is 8.60. The fourth-order valence-corrected chi connectivity index (χ4v) is 4.15. The van der Waals surface area contributed by atoms with Crippen molar-refractivity contribution in [1.29, 1.82) is 0 Å². The van der Waals surface area contributed by atoms with Crippen molar-refractivity contribution in [2.24, 2.45) is 11.8 Å². The lowest BCUT2D eigenvalue weighted by Gasteiger charge is -2.26. The van der Waals surface area contributed by atoms with Crippen molar-refractivity contribution in [3.05, 3.63) is 0 Å². The van der Waals surface area contributed by atoms with Crippen LogP contribution in [0.5, 0.6) is 0 Å². The van der Waals surface area contributed by atoms with Crippen LogP contribution < -0.4 is 5.32 Å². The van der Waals surface area contributed by atoms with Crippen molar-refractivity contribution in [3.63, 3.8) is 0 Å². The molecule has 0 bridgehead atoms. The predicted octanol–water partition coefficient (Wildman–Crippen LogP) is 2.27. The van der Waals surface area contributed by atoms with Gasteiger partial charge >= 0.3 is 0 Å². The maximum absolute atomic E-state index is 3.87. The van der Waals surface area contributed by atoms with Gasteiger partial charge in [-0.15, -0.1) is 0 Å². The van der Waals surface area contributed by atoms with Gasteiger partial charge in [-0.1, -0.05) is 0 Å². The molecule has 3 fully saturated rings. The summed E-state index contributed by atoms with van der Waals surface area (Å²) in [5.74, 6) is 5.04. The molecule has 2 saturated carbocycles. The van der Waals surface area contributed by atoms with Crippen LogP contribution in [0.15, 0.2) is 0 Å². The van der Waals surface area contributed by atoms with E-state index in [9.17, 15) is 0 Å². The van der Waals surface area contributed by atoms with E-state index in [1.54, 1.807) is 6.42 Å².